The van der Waals surface area contributed by atoms with Crippen molar-refractivity contribution in [1.29, 1.82) is 0 Å². The summed E-state index contributed by atoms with van der Waals surface area (Å²) in [5, 5.41) is 6.37. The summed E-state index contributed by atoms with van der Waals surface area (Å²) in [7, 11) is 1.65. The van der Waals surface area contributed by atoms with Crippen molar-refractivity contribution in [3.8, 4) is 5.75 Å². The number of nitrogens with one attached hydrogen (secondary N) is 2. The monoisotopic (exact) mass is 332 g/mol. The summed E-state index contributed by atoms with van der Waals surface area (Å²) in [5.74, 6) is 0.855. The minimum absolute atomic E-state index is 0.158. The predicted octanol–water partition coefficient (Wildman–Crippen LogP) is 3.78. The zero-order valence-corrected chi connectivity index (χ0v) is 13.9. The van der Waals surface area contributed by atoms with Crippen LogP contribution in [0.25, 0.3) is 0 Å². The van der Waals surface area contributed by atoms with Crippen LogP contribution in [-0.2, 0) is 13.0 Å². The Bertz CT molecular complexity index is 612. The molecule has 2 aromatic rings. The molecule has 2 amide bonds. The van der Waals surface area contributed by atoms with Crippen LogP contribution in [0.1, 0.15) is 17.5 Å². The maximum atomic E-state index is 11.7. The van der Waals surface area contributed by atoms with Gasteiger partial charge in [0.1, 0.15) is 5.75 Å². The molecule has 2 rings (SSSR count). The zero-order valence-electron chi connectivity index (χ0n) is 13.1. The highest BCUT2D eigenvalue weighted by molar-refractivity contribution is 6.30. The molecule has 0 saturated heterocycles. The minimum Gasteiger partial charge on any atom is -0.497 e. The first kappa shape index (κ1) is 17.2. The van der Waals surface area contributed by atoms with Crippen LogP contribution in [0, 0.1) is 0 Å². The Labute approximate surface area is 141 Å². The lowest BCUT2D eigenvalue weighted by Gasteiger charge is -2.08. The highest BCUT2D eigenvalue weighted by Gasteiger charge is 2.01. The molecule has 2 aromatic carbocycles. The van der Waals surface area contributed by atoms with E-state index in [1.165, 1.54) is 5.56 Å². The maximum Gasteiger partial charge on any atom is 0.315 e. The van der Waals surface area contributed by atoms with E-state index >= 15 is 0 Å². The average molecular weight is 333 g/mol. The Morgan fingerprint density at radius 3 is 2.30 bits per heavy atom. The molecule has 2 N–H and O–H groups in total. The van der Waals surface area contributed by atoms with E-state index in [2.05, 4.69) is 10.6 Å². The molecular formula is C18H21ClN2O2. The molecule has 0 spiro atoms. The smallest absolute Gasteiger partial charge is 0.315 e. The van der Waals surface area contributed by atoms with Crippen LogP contribution in [0.5, 0.6) is 5.75 Å². The van der Waals surface area contributed by atoms with E-state index in [0.29, 0.717) is 18.1 Å². The van der Waals surface area contributed by atoms with Crippen LogP contribution in [0.15, 0.2) is 48.5 Å². The normalized spacial score (nSPS) is 10.2. The largest absolute Gasteiger partial charge is 0.497 e. The Morgan fingerprint density at radius 2 is 1.65 bits per heavy atom. The van der Waals surface area contributed by atoms with Gasteiger partial charge in [-0.15, -0.1) is 0 Å². The van der Waals surface area contributed by atoms with Crippen molar-refractivity contribution < 1.29 is 9.53 Å². The fraction of sp³-hybridized carbons (Fsp3) is 0.278. The summed E-state index contributed by atoms with van der Waals surface area (Å²) >= 11 is 5.82. The van der Waals surface area contributed by atoms with Gasteiger partial charge < -0.3 is 15.4 Å². The summed E-state index contributed by atoms with van der Waals surface area (Å²) < 4.78 is 5.12. The number of methoxy groups -OCH3 is 1. The second-order valence-corrected chi connectivity index (χ2v) is 5.62. The number of halogens is 1. The first-order chi connectivity index (χ1) is 11.2. The molecule has 4 nitrogen and oxygen atoms in total. The fourth-order valence-corrected chi connectivity index (χ4v) is 2.26. The van der Waals surface area contributed by atoms with Gasteiger partial charge in [0, 0.05) is 18.1 Å². The van der Waals surface area contributed by atoms with E-state index in [1.54, 1.807) is 7.11 Å². The lowest BCUT2D eigenvalue weighted by atomic mass is 10.1. The zero-order chi connectivity index (χ0) is 16.5. The second-order valence-electron chi connectivity index (χ2n) is 5.19. The molecular weight excluding hydrogens is 312 g/mol. The predicted molar refractivity (Wildman–Crippen MR) is 93.0 cm³/mol. The number of hydrogen-bond donors (Lipinski definition) is 2. The molecule has 0 aliphatic rings. The summed E-state index contributed by atoms with van der Waals surface area (Å²) in [6, 6.07) is 15.2. The quantitative estimate of drug-likeness (QED) is 0.758. The molecule has 0 atom stereocenters. The first-order valence-corrected chi connectivity index (χ1v) is 7.94. The highest BCUT2D eigenvalue weighted by atomic mass is 35.5. The van der Waals surface area contributed by atoms with Crippen molar-refractivity contribution in [2.24, 2.45) is 0 Å². The molecule has 0 radical (unpaired) electrons. The van der Waals surface area contributed by atoms with Gasteiger partial charge >= 0.3 is 6.03 Å². The van der Waals surface area contributed by atoms with Gasteiger partial charge in [-0.3, -0.25) is 0 Å². The molecule has 5 heteroatoms. The van der Waals surface area contributed by atoms with Crippen LogP contribution in [0.3, 0.4) is 0 Å². The standard InChI is InChI=1S/C18H21ClN2O2/c1-23-17-10-6-14(7-11-17)3-2-12-20-18(22)21-13-15-4-8-16(19)9-5-15/h4-11H,2-3,12-13H2,1H3,(H2,20,21,22). The molecule has 0 heterocycles. The Balaban J connectivity index is 1.61. The summed E-state index contributed by atoms with van der Waals surface area (Å²) in [6.07, 6.45) is 1.81. The van der Waals surface area contributed by atoms with Crippen LogP contribution in [0.2, 0.25) is 5.02 Å². The van der Waals surface area contributed by atoms with Crippen molar-refractivity contribution in [2.45, 2.75) is 19.4 Å². The number of urea groups is 1. The van der Waals surface area contributed by atoms with Crippen molar-refractivity contribution >= 4 is 17.6 Å². The van der Waals surface area contributed by atoms with E-state index in [0.717, 1.165) is 24.2 Å². The SMILES string of the molecule is COc1ccc(CCCNC(=O)NCc2ccc(Cl)cc2)cc1. The van der Waals surface area contributed by atoms with Crippen molar-refractivity contribution in [2.75, 3.05) is 13.7 Å². The third-order valence-electron chi connectivity index (χ3n) is 3.45. The fourth-order valence-electron chi connectivity index (χ4n) is 2.13. The number of benzene rings is 2. The van der Waals surface area contributed by atoms with Crippen LogP contribution in [0.4, 0.5) is 4.79 Å². The van der Waals surface area contributed by atoms with E-state index in [9.17, 15) is 4.79 Å². The maximum absolute atomic E-state index is 11.7. The van der Waals surface area contributed by atoms with Gasteiger partial charge in [0.05, 0.1) is 7.11 Å². The summed E-state index contributed by atoms with van der Waals surface area (Å²) in [5.41, 5.74) is 2.25. The lowest BCUT2D eigenvalue weighted by molar-refractivity contribution is 0.240. The molecule has 0 aromatic heterocycles. The molecule has 0 fully saturated rings. The molecule has 0 saturated carbocycles. The van der Waals surface area contributed by atoms with Crippen molar-refractivity contribution in [3.05, 3.63) is 64.7 Å². The molecule has 0 aliphatic carbocycles. The summed E-state index contributed by atoms with van der Waals surface area (Å²) in [4.78, 5) is 11.7. The lowest BCUT2D eigenvalue weighted by Crippen LogP contribution is -2.35. The van der Waals surface area contributed by atoms with Gasteiger partial charge in [0.2, 0.25) is 0 Å². The van der Waals surface area contributed by atoms with Gasteiger partial charge in [0.15, 0.2) is 0 Å². The highest BCUT2D eigenvalue weighted by Crippen LogP contribution is 2.12. The van der Waals surface area contributed by atoms with Gasteiger partial charge in [0.25, 0.3) is 0 Å². The Morgan fingerprint density at radius 1 is 1.00 bits per heavy atom. The van der Waals surface area contributed by atoms with Gasteiger partial charge in [-0.05, 0) is 48.2 Å². The number of ether oxygens (including phenoxy) is 1. The van der Waals surface area contributed by atoms with E-state index in [4.69, 9.17) is 16.3 Å². The molecule has 0 aliphatic heterocycles. The number of aryl methyl sites for hydroxylation is 1. The van der Waals surface area contributed by atoms with Gasteiger partial charge in [-0.1, -0.05) is 35.9 Å². The molecule has 0 unspecified atom stereocenters. The van der Waals surface area contributed by atoms with Gasteiger partial charge in [-0.25, -0.2) is 4.79 Å². The Hall–Kier alpha value is -2.20. The number of hydrogen-bond acceptors (Lipinski definition) is 2. The van der Waals surface area contributed by atoms with E-state index in [1.807, 2.05) is 48.5 Å². The van der Waals surface area contributed by atoms with Crippen LogP contribution in [-0.4, -0.2) is 19.7 Å². The van der Waals surface area contributed by atoms with E-state index in [-0.39, 0.29) is 6.03 Å². The first-order valence-electron chi connectivity index (χ1n) is 7.56. The summed E-state index contributed by atoms with van der Waals surface area (Å²) in [6.45, 7) is 1.12. The van der Waals surface area contributed by atoms with Crippen LogP contribution >= 0.6 is 11.6 Å². The third-order valence-corrected chi connectivity index (χ3v) is 3.71. The van der Waals surface area contributed by atoms with Crippen LogP contribution < -0.4 is 15.4 Å². The van der Waals surface area contributed by atoms with Gasteiger partial charge in [-0.2, -0.15) is 0 Å². The number of rotatable bonds is 7. The number of carbonyl (C=O) groups is 1. The molecule has 122 valence electrons. The molecule has 0 bridgehead atoms. The Kier molecular flexibility index (Phi) is 6.76. The third kappa shape index (κ3) is 6.20. The second kappa shape index (κ2) is 9.06. The topological polar surface area (TPSA) is 50.4 Å². The average Bonchev–Trinajstić information content (AvgIpc) is 2.59. The van der Waals surface area contributed by atoms with E-state index < -0.39 is 0 Å². The number of carbonyl (C=O) groups excluding carboxylic acids is 1. The minimum atomic E-state index is -0.158. The molecule has 23 heavy (non-hydrogen) atoms. The number of amides is 2. The van der Waals surface area contributed by atoms with Crippen molar-refractivity contribution in [1.82, 2.24) is 10.6 Å². The van der Waals surface area contributed by atoms with Crippen molar-refractivity contribution in [3.63, 3.8) is 0 Å².